The molecule has 0 fully saturated rings. The number of hydrogen-bond donors (Lipinski definition) is 5. The molecule has 0 aromatic heterocycles. The van der Waals surface area contributed by atoms with Crippen molar-refractivity contribution in [2.45, 2.75) is 85.9 Å². The summed E-state index contributed by atoms with van der Waals surface area (Å²) >= 11 is 0. The fourth-order valence-electron chi connectivity index (χ4n) is 4.18. The van der Waals surface area contributed by atoms with Gasteiger partial charge in [0.1, 0.15) is 0 Å². The summed E-state index contributed by atoms with van der Waals surface area (Å²) in [5.41, 5.74) is -0.635. The van der Waals surface area contributed by atoms with Gasteiger partial charge in [-0.15, -0.1) is 0 Å². The van der Waals surface area contributed by atoms with E-state index < -0.39 is 46.5 Å². The molecule has 0 spiro atoms. The number of carbonyl (C=O) groups excluding carboxylic acids is 3. The van der Waals surface area contributed by atoms with Crippen LogP contribution >= 0.6 is 0 Å². The minimum atomic E-state index is -1.04. The van der Waals surface area contributed by atoms with E-state index >= 15 is 0 Å². The van der Waals surface area contributed by atoms with Gasteiger partial charge in [0.05, 0.1) is 29.7 Å². The number of nitrogens with one attached hydrogen (secondary N) is 3. The van der Waals surface area contributed by atoms with Crippen molar-refractivity contribution in [2.75, 3.05) is 13.2 Å². The van der Waals surface area contributed by atoms with Crippen molar-refractivity contribution in [2.24, 2.45) is 23.7 Å². The van der Waals surface area contributed by atoms with Crippen LogP contribution in [-0.4, -0.2) is 64.2 Å². The van der Waals surface area contributed by atoms with E-state index in [1.807, 2.05) is 41.5 Å². The normalized spacial score (nSPS) is 14.6. The molecule has 0 aliphatic heterocycles. The summed E-state index contributed by atoms with van der Waals surface area (Å²) in [6.07, 6.45) is -0.0162. The maximum Gasteiger partial charge on any atom is 0.271 e. The third kappa shape index (κ3) is 12.1. The number of rotatable bonds is 16. The Morgan fingerprint density at radius 3 is 1.85 bits per heavy atom. The summed E-state index contributed by atoms with van der Waals surface area (Å²) in [6, 6.07) is 2.14. The van der Waals surface area contributed by atoms with Crippen LogP contribution in [0.5, 0.6) is 0 Å². The first-order chi connectivity index (χ1) is 18.1. The second-order valence-electron chi connectivity index (χ2n) is 11.6. The molecule has 0 aliphatic rings. The van der Waals surface area contributed by atoms with Crippen molar-refractivity contribution in [1.29, 1.82) is 0 Å². The highest BCUT2D eigenvalue weighted by molar-refractivity contribution is 6.01. The maximum atomic E-state index is 13.2. The smallest absolute Gasteiger partial charge is 0.271 e. The standard InChI is InChI=1S/C28H46N4O7/c1-16(2)8-22(15-33)30-27(36)20-11-21(13-23(12-20)32(38)39)28(37)31-24(9-17(3)4)25(34)10-19(7)26(35)29-14-18(5)6/h11-13,16-19,22,24-25,33-34H,8-10,14-15H2,1-7H3,(H,29,35)(H,30,36)(H,31,37)/t19-,22+,24+,25+/m1/s1. The molecule has 3 amide bonds. The second-order valence-corrected chi connectivity index (χ2v) is 11.6. The van der Waals surface area contributed by atoms with Crippen LogP contribution in [0.1, 0.15) is 88.4 Å². The van der Waals surface area contributed by atoms with Crippen LogP contribution < -0.4 is 16.0 Å². The van der Waals surface area contributed by atoms with Gasteiger partial charge in [-0.1, -0.05) is 48.5 Å². The zero-order valence-electron chi connectivity index (χ0n) is 24.2. The van der Waals surface area contributed by atoms with E-state index in [0.29, 0.717) is 19.4 Å². The van der Waals surface area contributed by atoms with Crippen molar-refractivity contribution >= 4 is 23.4 Å². The molecule has 39 heavy (non-hydrogen) atoms. The van der Waals surface area contributed by atoms with Crippen molar-refractivity contribution in [3.63, 3.8) is 0 Å². The lowest BCUT2D eigenvalue weighted by atomic mass is 9.92. The summed E-state index contributed by atoms with van der Waals surface area (Å²) in [5, 5.41) is 40.3. The Bertz CT molecular complexity index is 981. The minimum absolute atomic E-state index is 0.0899. The number of nitro groups is 1. The first-order valence-electron chi connectivity index (χ1n) is 13.6. The number of non-ortho nitro benzene ring substituents is 1. The second kappa shape index (κ2) is 16.1. The average molecular weight is 551 g/mol. The molecule has 0 bridgehead atoms. The number of amides is 3. The molecular formula is C28H46N4O7. The third-order valence-corrected chi connectivity index (χ3v) is 6.20. The molecule has 0 saturated carbocycles. The number of nitro benzene ring substituents is 1. The summed E-state index contributed by atoms with van der Waals surface area (Å²) in [7, 11) is 0. The number of aliphatic hydroxyl groups is 2. The highest BCUT2D eigenvalue weighted by Gasteiger charge is 2.28. The van der Waals surface area contributed by atoms with Crippen LogP contribution in [0.2, 0.25) is 0 Å². The SMILES string of the molecule is CC(C)CNC(=O)[C@H](C)C[C@H](O)[C@H](CC(C)C)NC(=O)c1cc(C(=O)N[C@H](CO)CC(C)C)cc([N+](=O)[O-])c1. The highest BCUT2D eigenvalue weighted by atomic mass is 16.6. The number of hydrogen-bond acceptors (Lipinski definition) is 7. The zero-order chi connectivity index (χ0) is 29.9. The van der Waals surface area contributed by atoms with Crippen LogP contribution in [0, 0.1) is 33.8 Å². The molecule has 0 aliphatic carbocycles. The van der Waals surface area contributed by atoms with Crippen LogP contribution in [0.3, 0.4) is 0 Å². The van der Waals surface area contributed by atoms with Gasteiger partial charge in [0.15, 0.2) is 0 Å². The molecule has 0 radical (unpaired) electrons. The molecular weight excluding hydrogens is 504 g/mol. The molecule has 1 aromatic carbocycles. The molecule has 0 heterocycles. The van der Waals surface area contributed by atoms with E-state index in [1.165, 1.54) is 6.07 Å². The topological polar surface area (TPSA) is 171 Å². The first-order valence-corrected chi connectivity index (χ1v) is 13.6. The van der Waals surface area contributed by atoms with Crippen molar-refractivity contribution in [3.8, 4) is 0 Å². The number of benzene rings is 1. The van der Waals surface area contributed by atoms with Gasteiger partial charge in [0, 0.05) is 35.7 Å². The van der Waals surface area contributed by atoms with Crippen LogP contribution in [-0.2, 0) is 4.79 Å². The monoisotopic (exact) mass is 550 g/mol. The Morgan fingerprint density at radius 2 is 1.38 bits per heavy atom. The molecule has 4 atom stereocenters. The predicted octanol–water partition coefficient (Wildman–Crippen LogP) is 3.04. The molecule has 0 saturated heterocycles. The van der Waals surface area contributed by atoms with Crippen LogP contribution in [0.25, 0.3) is 0 Å². The summed E-state index contributed by atoms with van der Waals surface area (Å²) in [4.78, 5) is 49.3. The van der Waals surface area contributed by atoms with Gasteiger partial charge in [-0.2, -0.15) is 0 Å². The van der Waals surface area contributed by atoms with E-state index in [2.05, 4.69) is 16.0 Å². The van der Waals surface area contributed by atoms with E-state index in [0.717, 1.165) is 12.1 Å². The Kier molecular flexibility index (Phi) is 14.1. The molecule has 11 heteroatoms. The van der Waals surface area contributed by atoms with Crippen molar-refractivity contribution < 1.29 is 29.5 Å². The van der Waals surface area contributed by atoms with Gasteiger partial charge in [-0.3, -0.25) is 24.5 Å². The lowest BCUT2D eigenvalue weighted by Crippen LogP contribution is -2.46. The molecule has 11 nitrogen and oxygen atoms in total. The molecule has 220 valence electrons. The quantitative estimate of drug-likeness (QED) is 0.155. The Hall–Kier alpha value is -3.05. The van der Waals surface area contributed by atoms with Crippen LogP contribution in [0.4, 0.5) is 5.69 Å². The zero-order valence-corrected chi connectivity index (χ0v) is 24.2. The van der Waals surface area contributed by atoms with Gasteiger partial charge >= 0.3 is 0 Å². The number of aliphatic hydroxyl groups excluding tert-OH is 2. The van der Waals surface area contributed by atoms with Gasteiger partial charge < -0.3 is 26.2 Å². The summed E-state index contributed by atoms with van der Waals surface area (Å²) in [5.74, 6) is -1.44. The highest BCUT2D eigenvalue weighted by Crippen LogP contribution is 2.20. The third-order valence-electron chi connectivity index (χ3n) is 6.20. The van der Waals surface area contributed by atoms with E-state index in [9.17, 15) is 34.7 Å². The minimum Gasteiger partial charge on any atom is -0.394 e. The van der Waals surface area contributed by atoms with Gasteiger partial charge in [0.2, 0.25) is 5.91 Å². The average Bonchev–Trinajstić information content (AvgIpc) is 2.85. The van der Waals surface area contributed by atoms with Gasteiger partial charge in [0.25, 0.3) is 17.5 Å². The number of nitrogens with zero attached hydrogens (tertiary/aromatic N) is 1. The fourth-order valence-corrected chi connectivity index (χ4v) is 4.18. The van der Waals surface area contributed by atoms with Gasteiger partial charge in [-0.05, 0) is 43.1 Å². The van der Waals surface area contributed by atoms with E-state index in [-0.39, 0.29) is 47.8 Å². The largest absolute Gasteiger partial charge is 0.394 e. The van der Waals surface area contributed by atoms with Gasteiger partial charge in [-0.25, -0.2) is 0 Å². The van der Waals surface area contributed by atoms with Crippen molar-refractivity contribution in [3.05, 3.63) is 39.4 Å². The molecule has 1 aromatic rings. The molecule has 0 unspecified atom stereocenters. The fraction of sp³-hybridized carbons (Fsp3) is 0.679. The molecule has 5 N–H and O–H groups in total. The maximum absolute atomic E-state index is 13.2. The lowest BCUT2D eigenvalue weighted by molar-refractivity contribution is -0.384. The summed E-state index contributed by atoms with van der Waals surface area (Å²) < 4.78 is 0. The van der Waals surface area contributed by atoms with Crippen LogP contribution in [0.15, 0.2) is 18.2 Å². The Balaban J connectivity index is 3.15. The first kappa shape index (κ1) is 34.0. The van der Waals surface area contributed by atoms with Crippen molar-refractivity contribution in [1.82, 2.24) is 16.0 Å². The number of carbonyl (C=O) groups is 3. The Morgan fingerprint density at radius 1 is 0.846 bits per heavy atom. The van der Waals surface area contributed by atoms with E-state index in [4.69, 9.17) is 0 Å². The summed E-state index contributed by atoms with van der Waals surface area (Å²) in [6.45, 7) is 13.6. The lowest BCUT2D eigenvalue weighted by Gasteiger charge is -2.27. The molecule has 1 rings (SSSR count). The predicted molar refractivity (Wildman–Crippen MR) is 149 cm³/mol. The van der Waals surface area contributed by atoms with E-state index in [1.54, 1.807) is 6.92 Å². The Labute approximate surface area is 231 Å².